The third-order valence-electron chi connectivity index (χ3n) is 5.88. The summed E-state index contributed by atoms with van der Waals surface area (Å²) in [5.74, 6) is 2.51. The maximum atomic E-state index is 6.71. The molecule has 1 aliphatic heterocycles. The van der Waals surface area contributed by atoms with Crippen LogP contribution in [-0.2, 0) is 6.42 Å². The van der Waals surface area contributed by atoms with Gasteiger partial charge in [0.2, 0.25) is 0 Å². The first-order valence-corrected chi connectivity index (χ1v) is 14.0. The summed E-state index contributed by atoms with van der Waals surface area (Å²) in [7, 11) is -1.47. The fourth-order valence-corrected chi connectivity index (χ4v) is 5.57. The highest BCUT2D eigenvalue weighted by Crippen LogP contribution is 2.49. The lowest BCUT2D eigenvalue weighted by atomic mass is 9.90. The molecule has 0 saturated carbocycles. The monoisotopic (exact) mass is 397 g/mol. The van der Waals surface area contributed by atoms with Gasteiger partial charge in [-0.15, -0.1) is 0 Å². The number of fused-ring (bicyclic) bond motifs is 3. The third kappa shape index (κ3) is 2.96. The van der Waals surface area contributed by atoms with E-state index in [-0.39, 0.29) is 0 Å². The Morgan fingerprint density at radius 2 is 1.76 bits per heavy atom. The van der Waals surface area contributed by atoms with E-state index in [4.69, 9.17) is 9.72 Å². The summed E-state index contributed by atoms with van der Waals surface area (Å²) in [6.45, 7) is 11.7. The van der Waals surface area contributed by atoms with Crippen molar-refractivity contribution in [2.45, 2.75) is 39.9 Å². The highest BCUT2D eigenvalue weighted by Gasteiger charge is 2.28. The van der Waals surface area contributed by atoms with Crippen LogP contribution in [0.15, 0.2) is 54.7 Å². The zero-order valence-electron chi connectivity index (χ0n) is 17.8. The predicted octanol–water partition coefficient (Wildman–Crippen LogP) is 6.90. The van der Waals surface area contributed by atoms with Crippen molar-refractivity contribution in [3.63, 3.8) is 0 Å². The van der Waals surface area contributed by atoms with Gasteiger partial charge in [0.15, 0.2) is 0 Å². The molecule has 29 heavy (non-hydrogen) atoms. The summed E-state index contributed by atoms with van der Waals surface area (Å²) in [5.41, 5.74) is 3.48. The Kier molecular flexibility index (Phi) is 4.07. The average molecular weight is 398 g/mol. The average Bonchev–Trinajstić information content (AvgIpc) is 2.67. The van der Waals surface area contributed by atoms with E-state index < -0.39 is 8.07 Å². The molecule has 0 radical (unpaired) electrons. The second-order valence-electron chi connectivity index (χ2n) is 9.64. The summed E-state index contributed by atoms with van der Waals surface area (Å²) in [4.78, 5) is 4.83. The Morgan fingerprint density at radius 3 is 2.52 bits per heavy atom. The smallest absolute Gasteiger partial charge is 0.140 e. The largest absolute Gasteiger partial charge is 0.456 e. The molecular weight excluding hydrogens is 370 g/mol. The highest BCUT2D eigenvalue weighted by molar-refractivity contribution is 6.88. The fraction of sp³-hybridized carbons (Fsp3) is 0.269. The van der Waals surface area contributed by atoms with E-state index in [0.29, 0.717) is 5.92 Å². The number of pyridine rings is 1. The van der Waals surface area contributed by atoms with Gasteiger partial charge in [-0.1, -0.05) is 69.0 Å². The van der Waals surface area contributed by atoms with E-state index in [1.165, 1.54) is 26.9 Å². The molecule has 2 nitrogen and oxygen atoms in total. The maximum absolute atomic E-state index is 6.71. The zero-order chi connectivity index (χ0) is 20.3. The number of benzene rings is 3. The minimum atomic E-state index is -1.47. The van der Waals surface area contributed by atoms with Gasteiger partial charge in [-0.2, -0.15) is 0 Å². The standard InChI is InChI=1S/C26H27NOSi/c1-16(2)12-21-20-9-7-6-8-17(20)14-22-25-24-18(10-11-27-25)13-19(29(3,4)5)15-23(24)28-26(21)22/h6-11,13-16H,12H2,1-5H3. The first-order chi connectivity index (χ1) is 13.8. The molecule has 0 atom stereocenters. The van der Waals surface area contributed by atoms with Crippen molar-refractivity contribution in [2.24, 2.45) is 5.92 Å². The lowest BCUT2D eigenvalue weighted by Gasteiger charge is -2.27. The van der Waals surface area contributed by atoms with Gasteiger partial charge in [-0.3, -0.25) is 4.98 Å². The molecule has 5 rings (SSSR count). The summed E-state index contributed by atoms with van der Waals surface area (Å²) >= 11 is 0. The Hall–Kier alpha value is -2.65. The van der Waals surface area contributed by atoms with Crippen LogP contribution in [0.1, 0.15) is 19.4 Å². The number of aromatic nitrogens is 1. The van der Waals surface area contributed by atoms with E-state index in [1.807, 2.05) is 6.20 Å². The molecule has 4 aromatic rings. The SMILES string of the molecule is CC(C)Cc1c2c(cc3ccccc13)-c1nccc3cc([Si](C)(C)C)cc(c13)O2. The van der Waals surface area contributed by atoms with Gasteiger partial charge < -0.3 is 4.74 Å². The first-order valence-electron chi connectivity index (χ1n) is 10.5. The molecule has 0 saturated heterocycles. The summed E-state index contributed by atoms with van der Waals surface area (Å²) < 4.78 is 6.71. The Morgan fingerprint density at radius 1 is 0.966 bits per heavy atom. The van der Waals surface area contributed by atoms with Gasteiger partial charge in [0.1, 0.15) is 11.5 Å². The lowest BCUT2D eigenvalue weighted by molar-refractivity contribution is 0.476. The number of hydrogen-bond donors (Lipinski definition) is 0. The molecule has 0 fully saturated rings. The fourth-order valence-electron chi connectivity index (χ4n) is 4.41. The van der Waals surface area contributed by atoms with E-state index in [9.17, 15) is 0 Å². The second kappa shape index (κ2) is 6.43. The van der Waals surface area contributed by atoms with E-state index in [2.05, 4.69) is 82.0 Å². The van der Waals surface area contributed by atoms with Crippen molar-refractivity contribution >= 4 is 34.8 Å². The summed E-state index contributed by atoms with van der Waals surface area (Å²) in [5, 5.41) is 6.34. The Balaban J connectivity index is 1.87. The van der Waals surface area contributed by atoms with E-state index in [1.54, 1.807) is 0 Å². The quantitative estimate of drug-likeness (QED) is 0.309. The Labute approximate surface area is 173 Å². The van der Waals surface area contributed by atoms with Gasteiger partial charge in [0.25, 0.3) is 0 Å². The van der Waals surface area contributed by atoms with Gasteiger partial charge in [0, 0.05) is 17.3 Å². The molecule has 1 aromatic heterocycles. The van der Waals surface area contributed by atoms with Crippen LogP contribution in [0.2, 0.25) is 19.6 Å². The van der Waals surface area contributed by atoms with Crippen LogP contribution in [0.25, 0.3) is 32.8 Å². The van der Waals surface area contributed by atoms with E-state index in [0.717, 1.165) is 34.6 Å². The molecule has 2 heterocycles. The number of ether oxygens (including phenoxy) is 1. The molecule has 1 aliphatic rings. The number of nitrogens with zero attached hydrogens (tertiary/aromatic N) is 1. The van der Waals surface area contributed by atoms with Crippen molar-refractivity contribution in [3.05, 3.63) is 60.3 Å². The van der Waals surface area contributed by atoms with Crippen LogP contribution in [-0.4, -0.2) is 13.1 Å². The van der Waals surface area contributed by atoms with Crippen LogP contribution in [0.4, 0.5) is 0 Å². The van der Waals surface area contributed by atoms with Crippen molar-refractivity contribution in [1.82, 2.24) is 4.98 Å². The summed E-state index contributed by atoms with van der Waals surface area (Å²) in [6, 6.07) is 17.7. The molecule has 0 unspecified atom stereocenters. The van der Waals surface area contributed by atoms with Crippen LogP contribution < -0.4 is 9.92 Å². The van der Waals surface area contributed by atoms with Crippen LogP contribution in [0.5, 0.6) is 11.5 Å². The number of rotatable bonds is 3. The van der Waals surface area contributed by atoms with Crippen molar-refractivity contribution in [3.8, 4) is 22.8 Å². The molecule has 3 aromatic carbocycles. The molecule has 0 N–H and O–H groups in total. The minimum Gasteiger partial charge on any atom is -0.456 e. The van der Waals surface area contributed by atoms with Crippen LogP contribution in [0, 0.1) is 5.92 Å². The molecule has 0 amide bonds. The van der Waals surface area contributed by atoms with Crippen molar-refractivity contribution < 1.29 is 4.74 Å². The van der Waals surface area contributed by atoms with Gasteiger partial charge in [0.05, 0.1) is 19.2 Å². The first kappa shape index (κ1) is 18.4. The second-order valence-corrected chi connectivity index (χ2v) is 14.7. The maximum Gasteiger partial charge on any atom is 0.140 e. The van der Waals surface area contributed by atoms with Crippen LogP contribution in [0.3, 0.4) is 0 Å². The molecule has 0 spiro atoms. The minimum absolute atomic E-state index is 0.548. The van der Waals surface area contributed by atoms with Crippen LogP contribution >= 0.6 is 0 Å². The van der Waals surface area contributed by atoms with Gasteiger partial charge >= 0.3 is 0 Å². The lowest BCUT2D eigenvalue weighted by Crippen LogP contribution is -2.37. The molecule has 3 heteroatoms. The normalized spacial score (nSPS) is 13.0. The molecule has 146 valence electrons. The topological polar surface area (TPSA) is 22.1 Å². The zero-order valence-corrected chi connectivity index (χ0v) is 18.8. The molecule has 0 bridgehead atoms. The third-order valence-corrected chi connectivity index (χ3v) is 7.90. The predicted molar refractivity (Wildman–Crippen MR) is 126 cm³/mol. The molecule has 0 aliphatic carbocycles. The van der Waals surface area contributed by atoms with E-state index >= 15 is 0 Å². The number of hydrogen-bond acceptors (Lipinski definition) is 2. The van der Waals surface area contributed by atoms with Crippen molar-refractivity contribution in [2.75, 3.05) is 0 Å². The highest BCUT2D eigenvalue weighted by atomic mass is 28.3. The van der Waals surface area contributed by atoms with Gasteiger partial charge in [-0.25, -0.2) is 0 Å². The molecular formula is C26H27NOSi. The van der Waals surface area contributed by atoms with Crippen molar-refractivity contribution in [1.29, 1.82) is 0 Å². The Bertz CT molecular complexity index is 1270. The summed E-state index contributed by atoms with van der Waals surface area (Å²) in [6.07, 6.45) is 2.94. The van der Waals surface area contributed by atoms with Gasteiger partial charge in [-0.05, 0) is 46.7 Å².